The molecule has 0 spiro atoms. The van der Waals surface area contributed by atoms with Crippen molar-refractivity contribution in [2.24, 2.45) is 12.8 Å². The fourth-order valence-corrected chi connectivity index (χ4v) is 3.87. The van der Waals surface area contributed by atoms with Crippen LogP contribution in [0.4, 0.5) is 0 Å². The molecule has 1 aromatic rings. The lowest BCUT2D eigenvalue weighted by atomic mass is 9.81. The van der Waals surface area contributed by atoms with Gasteiger partial charge in [0.15, 0.2) is 5.16 Å². The Hall–Kier alpha value is -1.08. The van der Waals surface area contributed by atoms with Gasteiger partial charge in [-0.05, 0) is 39.7 Å². The quantitative estimate of drug-likeness (QED) is 0.845. The zero-order chi connectivity index (χ0) is 14.0. The SMILES string of the molecule is CNC1(C(N)=O)CCCC(Sc2nnc(C)n2C)C1. The summed E-state index contributed by atoms with van der Waals surface area (Å²) in [5.74, 6) is 0.641. The third-order valence-corrected chi connectivity index (χ3v) is 5.28. The van der Waals surface area contributed by atoms with Crippen LogP contribution in [-0.4, -0.2) is 38.5 Å². The molecule has 2 unspecified atom stereocenters. The lowest BCUT2D eigenvalue weighted by molar-refractivity contribution is -0.125. The van der Waals surface area contributed by atoms with Gasteiger partial charge < -0.3 is 15.6 Å². The Morgan fingerprint density at radius 3 is 2.84 bits per heavy atom. The van der Waals surface area contributed by atoms with E-state index in [4.69, 9.17) is 5.73 Å². The van der Waals surface area contributed by atoms with E-state index in [0.29, 0.717) is 5.25 Å². The number of aryl methyl sites for hydroxylation is 1. The molecule has 2 atom stereocenters. The fourth-order valence-electron chi connectivity index (χ4n) is 2.54. The van der Waals surface area contributed by atoms with Crippen LogP contribution in [0.5, 0.6) is 0 Å². The van der Waals surface area contributed by atoms with E-state index in [1.54, 1.807) is 11.8 Å². The smallest absolute Gasteiger partial charge is 0.237 e. The number of aromatic nitrogens is 3. The van der Waals surface area contributed by atoms with Crippen LogP contribution in [0.25, 0.3) is 0 Å². The third-order valence-electron chi connectivity index (χ3n) is 3.98. The molecule has 0 radical (unpaired) electrons. The number of rotatable bonds is 4. The van der Waals surface area contributed by atoms with E-state index >= 15 is 0 Å². The Kier molecular flexibility index (Phi) is 4.15. The van der Waals surface area contributed by atoms with Crippen molar-refractivity contribution in [3.63, 3.8) is 0 Å². The topological polar surface area (TPSA) is 85.8 Å². The molecule has 1 aromatic heterocycles. The van der Waals surface area contributed by atoms with Crippen molar-refractivity contribution >= 4 is 17.7 Å². The predicted octanol–water partition coefficient (Wildman–Crippen LogP) is 0.602. The van der Waals surface area contributed by atoms with E-state index in [1.165, 1.54) is 0 Å². The highest BCUT2D eigenvalue weighted by molar-refractivity contribution is 7.99. The van der Waals surface area contributed by atoms with Crippen molar-refractivity contribution in [1.29, 1.82) is 0 Å². The molecule has 1 amide bonds. The predicted molar refractivity (Wildman–Crippen MR) is 74.8 cm³/mol. The highest BCUT2D eigenvalue weighted by atomic mass is 32.2. The number of nitrogens with one attached hydrogen (secondary N) is 1. The number of likely N-dealkylation sites (N-methyl/N-ethyl adjacent to an activating group) is 1. The number of hydrogen-bond donors (Lipinski definition) is 2. The first kappa shape index (κ1) is 14.3. The average molecular weight is 283 g/mol. The summed E-state index contributed by atoms with van der Waals surface area (Å²) >= 11 is 1.69. The molecule has 0 saturated heterocycles. The first-order chi connectivity index (χ1) is 8.98. The van der Waals surface area contributed by atoms with Gasteiger partial charge in [0, 0.05) is 12.3 Å². The zero-order valence-corrected chi connectivity index (χ0v) is 12.5. The Morgan fingerprint density at radius 2 is 2.32 bits per heavy atom. The minimum absolute atomic E-state index is 0.255. The van der Waals surface area contributed by atoms with Crippen molar-refractivity contribution in [3.05, 3.63) is 5.82 Å². The summed E-state index contributed by atoms with van der Waals surface area (Å²) in [5, 5.41) is 12.6. The van der Waals surface area contributed by atoms with Crippen LogP contribution < -0.4 is 11.1 Å². The standard InChI is InChI=1S/C12H21N5OS/c1-8-15-16-11(17(8)3)19-9-5-4-6-12(7-9,14-2)10(13)18/h9,14H,4-7H2,1-3H3,(H2,13,18). The maximum atomic E-state index is 11.7. The molecule has 1 aliphatic carbocycles. The summed E-state index contributed by atoms with van der Waals surface area (Å²) < 4.78 is 1.98. The van der Waals surface area contributed by atoms with Crippen molar-refractivity contribution in [2.45, 2.75) is 48.6 Å². The summed E-state index contributed by atoms with van der Waals surface area (Å²) in [6.45, 7) is 1.93. The monoisotopic (exact) mass is 283 g/mol. The fraction of sp³-hybridized carbons (Fsp3) is 0.750. The molecule has 0 bridgehead atoms. The highest BCUT2D eigenvalue weighted by Crippen LogP contribution is 2.37. The van der Waals surface area contributed by atoms with Crippen LogP contribution in [0.2, 0.25) is 0 Å². The summed E-state index contributed by atoms with van der Waals surface area (Å²) in [6.07, 6.45) is 3.63. The van der Waals surface area contributed by atoms with Gasteiger partial charge in [0.2, 0.25) is 5.91 Å². The molecule has 0 aromatic carbocycles. The number of hydrogen-bond acceptors (Lipinski definition) is 5. The van der Waals surface area contributed by atoms with E-state index in [9.17, 15) is 4.79 Å². The Balaban J connectivity index is 2.10. The van der Waals surface area contributed by atoms with Gasteiger partial charge >= 0.3 is 0 Å². The molecule has 1 fully saturated rings. The first-order valence-corrected chi connectivity index (χ1v) is 7.38. The average Bonchev–Trinajstić information content (AvgIpc) is 2.71. The van der Waals surface area contributed by atoms with Crippen LogP contribution in [0.1, 0.15) is 31.5 Å². The van der Waals surface area contributed by atoms with Crippen molar-refractivity contribution in [1.82, 2.24) is 20.1 Å². The molecule has 106 valence electrons. The molecule has 2 rings (SSSR count). The minimum Gasteiger partial charge on any atom is -0.368 e. The number of amides is 1. The van der Waals surface area contributed by atoms with Gasteiger partial charge in [-0.1, -0.05) is 11.8 Å². The van der Waals surface area contributed by atoms with Crippen molar-refractivity contribution in [2.75, 3.05) is 7.05 Å². The summed E-state index contributed by atoms with van der Waals surface area (Å²) in [5.41, 5.74) is 4.99. The molecular formula is C12H21N5OS. The second-order valence-corrected chi connectivity index (χ2v) is 6.39. The molecule has 1 heterocycles. The Bertz CT molecular complexity index is 475. The van der Waals surface area contributed by atoms with Crippen LogP contribution in [0.3, 0.4) is 0 Å². The van der Waals surface area contributed by atoms with Gasteiger partial charge in [-0.3, -0.25) is 4.79 Å². The summed E-state index contributed by atoms with van der Waals surface area (Å²) in [6, 6.07) is 0. The van der Waals surface area contributed by atoms with Crippen molar-refractivity contribution < 1.29 is 4.79 Å². The molecule has 1 saturated carbocycles. The summed E-state index contributed by atoms with van der Waals surface area (Å²) in [7, 11) is 3.77. The van der Waals surface area contributed by atoms with Crippen LogP contribution in [0.15, 0.2) is 5.16 Å². The number of carbonyl (C=O) groups is 1. The number of thioether (sulfide) groups is 1. The maximum absolute atomic E-state index is 11.7. The Morgan fingerprint density at radius 1 is 1.58 bits per heavy atom. The van der Waals surface area contributed by atoms with Crippen LogP contribution >= 0.6 is 11.8 Å². The first-order valence-electron chi connectivity index (χ1n) is 6.50. The molecular weight excluding hydrogens is 262 g/mol. The van der Waals surface area contributed by atoms with Crippen LogP contribution in [0, 0.1) is 6.92 Å². The molecule has 1 aliphatic rings. The number of carbonyl (C=O) groups excluding carboxylic acids is 1. The van der Waals surface area contributed by atoms with E-state index in [0.717, 1.165) is 36.7 Å². The lowest BCUT2D eigenvalue weighted by Crippen LogP contribution is -2.57. The minimum atomic E-state index is -0.566. The van der Waals surface area contributed by atoms with Gasteiger partial charge in [-0.15, -0.1) is 10.2 Å². The maximum Gasteiger partial charge on any atom is 0.237 e. The summed E-state index contributed by atoms with van der Waals surface area (Å²) in [4.78, 5) is 11.7. The van der Waals surface area contributed by atoms with Gasteiger partial charge in [0.05, 0.1) is 5.54 Å². The highest BCUT2D eigenvalue weighted by Gasteiger charge is 2.40. The van der Waals surface area contributed by atoms with Crippen molar-refractivity contribution in [3.8, 4) is 0 Å². The number of nitrogens with zero attached hydrogens (tertiary/aromatic N) is 3. The molecule has 6 nitrogen and oxygen atoms in total. The van der Waals surface area contributed by atoms with E-state index in [1.807, 2.05) is 25.6 Å². The number of primary amides is 1. The van der Waals surface area contributed by atoms with E-state index in [-0.39, 0.29) is 5.91 Å². The van der Waals surface area contributed by atoms with Gasteiger partial charge in [-0.25, -0.2) is 0 Å². The third kappa shape index (κ3) is 2.76. The molecule has 0 aliphatic heterocycles. The zero-order valence-electron chi connectivity index (χ0n) is 11.6. The van der Waals surface area contributed by atoms with Gasteiger partial charge in [0.25, 0.3) is 0 Å². The van der Waals surface area contributed by atoms with E-state index in [2.05, 4.69) is 15.5 Å². The second kappa shape index (κ2) is 5.50. The lowest BCUT2D eigenvalue weighted by Gasteiger charge is -2.37. The Labute approximate surface area is 117 Å². The molecule has 7 heteroatoms. The largest absolute Gasteiger partial charge is 0.368 e. The van der Waals surface area contributed by atoms with Gasteiger partial charge in [-0.2, -0.15) is 0 Å². The van der Waals surface area contributed by atoms with Gasteiger partial charge in [0.1, 0.15) is 5.82 Å². The normalized spacial score (nSPS) is 27.4. The number of nitrogens with two attached hydrogens (primary N) is 1. The van der Waals surface area contributed by atoms with Crippen LogP contribution in [-0.2, 0) is 11.8 Å². The molecule has 3 N–H and O–H groups in total. The molecule has 19 heavy (non-hydrogen) atoms. The second-order valence-electron chi connectivity index (χ2n) is 5.12. The van der Waals surface area contributed by atoms with E-state index < -0.39 is 5.54 Å².